The lowest BCUT2D eigenvalue weighted by molar-refractivity contribution is -0.139. The zero-order chi connectivity index (χ0) is 19.4. The van der Waals surface area contributed by atoms with Crippen molar-refractivity contribution in [2.75, 3.05) is 6.61 Å². The van der Waals surface area contributed by atoms with Gasteiger partial charge in [-0.25, -0.2) is 4.79 Å². The van der Waals surface area contributed by atoms with E-state index in [1.165, 1.54) is 17.0 Å². The number of carbonyl (C=O) groups is 4. The molecule has 0 aromatic heterocycles. The number of hydrogen-bond acceptors (Lipinski definition) is 5. The van der Waals surface area contributed by atoms with Crippen LogP contribution in [0.3, 0.4) is 0 Å². The van der Waals surface area contributed by atoms with Crippen LogP contribution in [0.4, 0.5) is 0 Å². The van der Waals surface area contributed by atoms with Gasteiger partial charge in [-0.05, 0) is 42.0 Å². The molecule has 0 bridgehead atoms. The average molecular weight is 386 g/mol. The molecule has 6 nitrogen and oxygen atoms in total. The molecule has 0 aliphatic carbocycles. The lowest BCUT2D eigenvalue weighted by Crippen LogP contribution is -2.28. The predicted octanol–water partition coefficient (Wildman–Crippen LogP) is 3.03. The Morgan fingerprint density at radius 3 is 2.04 bits per heavy atom. The fourth-order valence-electron chi connectivity index (χ4n) is 2.66. The quantitative estimate of drug-likeness (QED) is 0.433. The maximum atomic E-state index is 12.1. The number of Topliss-reactive ketones (excluding diaryl/α,β-unsaturated/α-hetero) is 1. The number of carbonyl (C=O) groups excluding carboxylic acids is 4. The van der Waals surface area contributed by atoms with Crippen LogP contribution in [0.1, 0.15) is 39.1 Å². The fourth-order valence-corrected chi connectivity index (χ4v) is 2.79. The number of hydrogen-bond donors (Lipinski definition) is 0. The van der Waals surface area contributed by atoms with E-state index in [0.29, 0.717) is 10.6 Å². The van der Waals surface area contributed by atoms with Crippen LogP contribution in [0.5, 0.6) is 0 Å². The van der Waals surface area contributed by atoms with Crippen LogP contribution >= 0.6 is 11.6 Å². The van der Waals surface area contributed by atoms with Gasteiger partial charge < -0.3 is 4.74 Å². The third kappa shape index (κ3) is 4.60. The number of esters is 1. The van der Waals surface area contributed by atoms with Gasteiger partial charge in [-0.3, -0.25) is 19.3 Å². The molecule has 138 valence electrons. The van der Waals surface area contributed by atoms with Gasteiger partial charge in [0.05, 0.1) is 12.1 Å². The minimum atomic E-state index is -0.628. The third-order valence-corrected chi connectivity index (χ3v) is 4.44. The van der Waals surface area contributed by atoms with Gasteiger partial charge in [0.1, 0.15) is 0 Å². The van der Waals surface area contributed by atoms with E-state index in [1.54, 1.807) is 36.4 Å². The molecule has 0 spiro atoms. The maximum absolute atomic E-state index is 12.1. The zero-order valence-corrected chi connectivity index (χ0v) is 15.1. The molecule has 2 aromatic carbocycles. The van der Waals surface area contributed by atoms with Crippen molar-refractivity contribution in [2.24, 2.45) is 0 Å². The van der Waals surface area contributed by atoms with Gasteiger partial charge in [-0.2, -0.15) is 0 Å². The second-order valence-corrected chi connectivity index (χ2v) is 6.51. The highest BCUT2D eigenvalue weighted by atomic mass is 35.5. The highest BCUT2D eigenvalue weighted by Crippen LogP contribution is 2.16. The van der Waals surface area contributed by atoms with E-state index >= 15 is 0 Å². The molecular weight excluding hydrogens is 370 g/mol. The van der Waals surface area contributed by atoms with E-state index in [9.17, 15) is 19.2 Å². The van der Waals surface area contributed by atoms with E-state index in [0.717, 1.165) is 5.56 Å². The van der Waals surface area contributed by atoms with Gasteiger partial charge in [0.15, 0.2) is 12.4 Å². The SMILES string of the molecule is O=C(COC(=O)c1ccc(CN2C(=O)CCC2=O)cc1)c1ccc(Cl)cc1. The third-order valence-electron chi connectivity index (χ3n) is 4.19. The van der Waals surface area contributed by atoms with Crippen LogP contribution < -0.4 is 0 Å². The molecule has 1 aliphatic rings. The highest BCUT2D eigenvalue weighted by Gasteiger charge is 2.28. The first-order valence-corrected chi connectivity index (χ1v) is 8.70. The Labute approximate surface area is 160 Å². The molecule has 1 aliphatic heterocycles. The maximum Gasteiger partial charge on any atom is 0.338 e. The van der Waals surface area contributed by atoms with Crippen LogP contribution in [0.15, 0.2) is 48.5 Å². The molecule has 2 amide bonds. The van der Waals surface area contributed by atoms with Crippen molar-refractivity contribution in [3.8, 4) is 0 Å². The van der Waals surface area contributed by atoms with E-state index in [2.05, 4.69) is 0 Å². The summed E-state index contributed by atoms with van der Waals surface area (Å²) in [4.78, 5) is 48.6. The van der Waals surface area contributed by atoms with Crippen molar-refractivity contribution in [1.29, 1.82) is 0 Å². The molecule has 1 saturated heterocycles. The lowest BCUT2D eigenvalue weighted by Gasteiger charge is -2.13. The number of ether oxygens (including phenoxy) is 1. The highest BCUT2D eigenvalue weighted by molar-refractivity contribution is 6.30. The number of nitrogens with zero attached hydrogens (tertiary/aromatic N) is 1. The van der Waals surface area contributed by atoms with E-state index < -0.39 is 5.97 Å². The Morgan fingerprint density at radius 2 is 1.44 bits per heavy atom. The molecule has 0 saturated carbocycles. The molecule has 0 radical (unpaired) electrons. The Bertz CT molecular complexity index is 874. The monoisotopic (exact) mass is 385 g/mol. The van der Waals surface area contributed by atoms with Gasteiger partial charge in [0.2, 0.25) is 11.8 Å². The van der Waals surface area contributed by atoms with Crippen LogP contribution in [-0.2, 0) is 20.9 Å². The fraction of sp³-hybridized carbons (Fsp3) is 0.200. The Morgan fingerprint density at radius 1 is 0.889 bits per heavy atom. The normalized spacial score (nSPS) is 13.7. The second kappa shape index (κ2) is 8.14. The van der Waals surface area contributed by atoms with Gasteiger partial charge in [0, 0.05) is 23.4 Å². The van der Waals surface area contributed by atoms with Crippen molar-refractivity contribution in [2.45, 2.75) is 19.4 Å². The van der Waals surface area contributed by atoms with Crippen LogP contribution in [-0.4, -0.2) is 35.1 Å². The molecule has 3 rings (SSSR count). The smallest absolute Gasteiger partial charge is 0.338 e. The van der Waals surface area contributed by atoms with Crippen LogP contribution in [0.2, 0.25) is 5.02 Å². The largest absolute Gasteiger partial charge is 0.454 e. The number of amides is 2. The summed E-state index contributed by atoms with van der Waals surface area (Å²) in [5.74, 6) is -1.34. The number of rotatable bonds is 6. The standard InChI is InChI=1S/C20H16ClNO5/c21-16-7-5-14(6-8-16)17(23)12-27-20(26)15-3-1-13(2-4-15)11-22-18(24)9-10-19(22)25/h1-8H,9-12H2. The van der Waals surface area contributed by atoms with E-state index in [1.807, 2.05) is 0 Å². The molecular formula is C20H16ClNO5. The van der Waals surface area contributed by atoms with Gasteiger partial charge >= 0.3 is 5.97 Å². The predicted molar refractivity (Wildman–Crippen MR) is 97.3 cm³/mol. The zero-order valence-electron chi connectivity index (χ0n) is 14.3. The molecule has 0 atom stereocenters. The molecule has 1 fully saturated rings. The first kappa shape index (κ1) is 18.8. The van der Waals surface area contributed by atoms with Crippen molar-refractivity contribution < 1.29 is 23.9 Å². The minimum Gasteiger partial charge on any atom is -0.454 e. The van der Waals surface area contributed by atoms with E-state index in [-0.39, 0.29) is 49.2 Å². The second-order valence-electron chi connectivity index (χ2n) is 6.08. The van der Waals surface area contributed by atoms with Gasteiger partial charge in [-0.1, -0.05) is 23.7 Å². The molecule has 0 N–H and O–H groups in total. The summed E-state index contributed by atoms with van der Waals surface area (Å²) >= 11 is 5.77. The summed E-state index contributed by atoms with van der Waals surface area (Å²) in [5, 5.41) is 0.515. The summed E-state index contributed by atoms with van der Waals surface area (Å²) in [7, 11) is 0. The van der Waals surface area contributed by atoms with Crippen LogP contribution in [0.25, 0.3) is 0 Å². The number of likely N-dealkylation sites (tertiary alicyclic amines) is 1. The van der Waals surface area contributed by atoms with Gasteiger partial charge in [0.25, 0.3) is 0 Å². The molecule has 2 aromatic rings. The Hall–Kier alpha value is -2.99. The van der Waals surface area contributed by atoms with Crippen molar-refractivity contribution >= 4 is 35.2 Å². The summed E-state index contributed by atoms with van der Waals surface area (Å²) in [6.07, 6.45) is 0.482. The van der Waals surface area contributed by atoms with Gasteiger partial charge in [-0.15, -0.1) is 0 Å². The molecule has 27 heavy (non-hydrogen) atoms. The summed E-state index contributed by atoms with van der Waals surface area (Å²) < 4.78 is 5.04. The number of halogens is 1. The summed E-state index contributed by atoms with van der Waals surface area (Å²) in [6, 6.07) is 12.7. The lowest BCUT2D eigenvalue weighted by atomic mass is 10.1. The van der Waals surface area contributed by atoms with E-state index in [4.69, 9.17) is 16.3 Å². The summed E-state index contributed by atoms with van der Waals surface area (Å²) in [5.41, 5.74) is 1.41. The molecule has 0 unspecified atom stereocenters. The first-order valence-electron chi connectivity index (χ1n) is 8.32. The Kier molecular flexibility index (Phi) is 5.66. The van der Waals surface area contributed by atoms with Crippen LogP contribution in [0, 0.1) is 0 Å². The molecule has 1 heterocycles. The van der Waals surface area contributed by atoms with Crippen molar-refractivity contribution in [1.82, 2.24) is 4.90 Å². The minimum absolute atomic E-state index is 0.183. The number of ketones is 1. The topological polar surface area (TPSA) is 80.8 Å². The average Bonchev–Trinajstić information content (AvgIpc) is 2.99. The first-order chi connectivity index (χ1) is 12.9. The van der Waals surface area contributed by atoms with Crippen molar-refractivity contribution in [3.63, 3.8) is 0 Å². The van der Waals surface area contributed by atoms with Crippen molar-refractivity contribution in [3.05, 3.63) is 70.2 Å². The Balaban J connectivity index is 1.55. The molecule has 7 heteroatoms. The number of imide groups is 1. The number of benzene rings is 2. The summed E-state index contributed by atoms with van der Waals surface area (Å²) in [6.45, 7) is -0.193.